The highest BCUT2D eigenvalue weighted by Crippen LogP contribution is 2.29. The van der Waals surface area contributed by atoms with Crippen LogP contribution in [0.3, 0.4) is 0 Å². The van der Waals surface area contributed by atoms with Crippen LogP contribution in [0.4, 0.5) is 0 Å². The smallest absolute Gasteiger partial charge is 0.338 e. The van der Waals surface area contributed by atoms with Crippen LogP contribution in [0.15, 0.2) is 30.3 Å². The van der Waals surface area contributed by atoms with Gasteiger partial charge in [0.2, 0.25) is 0 Å². The van der Waals surface area contributed by atoms with Gasteiger partial charge in [-0.15, -0.1) is 0 Å². The third-order valence-electron chi connectivity index (χ3n) is 5.68. The van der Waals surface area contributed by atoms with E-state index in [-0.39, 0.29) is 5.97 Å². The van der Waals surface area contributed by atoms with Crippen LogP contribution in [0.2, 0.25) is 0 Å². The zero-order valence-corrected chi connectivity index (χ0v) is 14.8. The minimum atomic E-state index is -0.192. The molecular formula is C21H31NO2. The average molecular weight is 329 g/mol. The van der Waals surface area contributed by atoms with Gasteiger partial charge in [-0.1, -0.05) is 56.7 Å². The maximum absolute atomic E-state index is 12.1. The monoisotopic (exact) mass is 329 g/mol. The molecule has 2 fully saturated rings. The van der Waals surface area contributed by atoms with Crippen molar-refractivity contribution in [3.05, 3.63) is 35.9 Å². The molecule has 24 heavy (non-hydrogen) atoms. The van der Waals surface area contributed by atoms with Gasteiger partial charge in [-0.25, -0.2) is 4.79 Å². The third-order valence-corrected chi connectivity index (χ3v) is 5.68. The molecular weight excluding hydrogens is 298 g/mol. The van der Waals surface area contributed by atoms with E-state index >= 15 is 0 Å². The van der Waals surface area contributed by atoms with Gasteiger partial charge in [-0.2, -0.15) is 0 Å². The van der Waals surface area contributed by atoms with Crippen LogP contribution in [0.1, 0.15) is 74.6 Å². The zero-order chi connectivity index (χ0) is 16.6. The summed E-state index contributed by atoms with van der Waals surface area (Å²) in [6.07, 6.45) is 13.5. The number of ether oxygens (including phenoxy) is 1. The van der Waals surface area contributed by atoms with Crippen molar-refractivity contribution in [3.8, 4) is 0 Å². The van der Waals surface area contributed by atoms with Crippen molar-refractivity contribution in [1.29, 1.82) is 0 Å². The molecule has 0 spiro atoms. The Kier molecular flexibility index (Phi) is 6.71. The Balaban J connectivity index is 1.54. The number of carbonyl (C=O) groups excluding carboxylic acids is 1. The fraction of sp³-hybridized carbons (Fsp3) is 0.667. The number of hydrogen-bond acceptors (Lipinski definition) is 3. The summed E-state index contributed by atoms with van der Waals surface area (Å²) < 4.78 is 5.56. The summed E-state index contributed by atoms with van der Waals surface area (Å²) in [4.78, 5) is 14.8. The molecule has 132 valence electrons. The lowest BCUT2D eigenvalue weighted by atomic mass is 9.88. The third kappa shape index (κ3) is 4.83. The number of benzene rings is 1. The van der Waals surface area contributed by atoms with Crippen LogP contribution in [0.5, 0.6) is 0 Å². The molecule has 3 nitrogen and oxygen atoms in total. The average Bonchev–Trinajstić information content (AvgIpc) is 2.67. The van der Waals surface area contributed by atoms with E-state index in [4.69, 9.17) is 4.74 Å². The summed E-state index contributed by atoms with van der Waals surface area (Å²) in [6, 6.07) is 10.7. The number of hydrogen-bond donors (Lipinski definition) is 0. The molecule has 0 aromatic heterocycles. The van der Waals surface area contributed by atoms with Gasteiger partial charge in [0.15, 0.2) is 0 Å². The van der Waals surface area contributed by atoms with E-state index in [2.05, 4.69) is 4.90 Å². The molecule has 2 saturated carbocycles. The highest BCUT2D eigenvalue weighted by Gasteiger charge is 2.28. The molecule has 0 radical (unpaired) electrons. The van der Waals surface area contributed by atoms with E-state index in [0.717, 1.165) is 6.54 Å². The molecule has 3 rings (SSSR count). The van der Waals surface area contributed by atoms with Crippen LogP contribution in [-0.2, 0) is 4.74 Å². The van der Waals surface area contributed by atoms with Crippen LogP contribution < -0.4 is 0 Å². The molecule has 0 bridgehead atoms. The summed E-state index contributed by atoms with van der Waals surface area (Å²) >= 11 is 0. The minimum absolute atomic E-state index is 0.192. The maximum Gasteiger partial charge on any atom is 0.338 e. The van der Waals surface area contributed by atoms with Crippen molar-refractivity contribution in [2.24, 2.45) is 0 Å². The van der Waals surface area contributed by atoms with Gasteiger partial charge in [0.1, 0.15) is 6.61 Å². The second kappa shape index (κ2) is 9.22. The molecule has 2 aliphatic rings. The summed E-state index contributed by atoms with van der Waals surface area (Å²) in [5, 5.41) is 0. The predicted octanol–water partition coefficient (Wildman–Crippen LogP) is 4.81. The predicted molar refractivity (Wildman–Crippen MR) is 97.2 cm³/mol. The minimum Gasteiger partial charge on any atom is -0.461 e. The second-order valence-electron chi connectivity index (χ2n) is 7.32. The lowest BCUT2D eigenvalue weighted by Crippen LogP contribution is -2.46. The number of rotatable bonds is 6. The maximum atomic E-state index is 12.1. The van der Waals surface area contributed by atoms with Gasteiger partial charge in [0, 0.05) is 18.6 Å². The first-order valence-electron chi connectivity index (χ1n) is 9.82. The van der Waals surface area contributed by atoms with E-state index in [1.54, 1.807) is 0 Å². The Morgan fingerprint density at radius 1 is 0.875 bits per heavy atom. The topological polar surface area (TPSA) is 29.5 Å². The first-order chi connectivity index (χ1) is 11.8. The van der Waals surface area contributed by atoms with Crippen molar-refractivity contribution in [3.63, 3.8) is 0 Å². The van der Waals surface area contributed by atoms with Gasteiger partial charge in [0.05, 0.1) is 5.56 Å². The van der Waals surface area contributed by atoms with Gasteiger partial charge in [-0.3, -0.25) is 4.90 Å². The lowest BCUT2D eigenvalue weighted by molar-refractivity contribution is 0.0291. The van der Waals surface area contributed by atoms with Crippen molar-refractivity contribution >= 4 is 5.97 Å². The highest BCUT2D eigenvalue weighted by atomic mass is 16.5. The zero-order valence-electron chi connectivity index (χ0n) is 14.8. The van der Waals surface area contributed by atoms with E-state index in [1.165, 1.54) is 64.2 Å². The molecule has 0 amide bonds. The van der Waals surface area contributed by atoms with E-state index in [1.807, 2.05) is 30.3 Å². The molecule has 2 aliphatic carbocycles. The van der Waals surface area contributed by atoms with E-state index in [9.17, 15) is 4.79 Å². The Labute approximate surface area is 146 Å². The largest absolute Gasteiger partial charge is 0.461 e. The number of nitrogens with zero attached hydrogens (tertiary/aromatic N) is 1. The highest BCUT2D eigenvalue weighted by molar-refractivity contribution is 5.89. The molecule has 1 aromatic carbocycles. The quantitative estimate of drug-likeness (QED) is 0.701. The Morgan fingerprint density at radius 2 is 1.42 bits per heavy atom. The van der Waals surface area contributed by atoms with Gasteiger partial charge in [0.25, 0.3) is 0 Å². The molecule has 0 saturated heterocycles. The molecule has 0 atom stereocenters. The van der Waals surface area contributed by atoms with E-state index in [0.29, 0.717) is 24.3 Å². The van der Waals surface area contributed by atoms with Gasteiger partial charge < -0.3 is 4.74 Å². The van der Waals surface area contributed by atoms with Crippen molar-refractivity contribution in [1.82, 2.24) is 4.90 Å². The standard InChI is InChI=1S/C21H31NO2/c23-21(18-10-4-1-5-11-18)24-17-16-22(19-12-6-2-7-13-19)20-14-8-3-9-15-20/h1,4-5,10-11,19-20H,2-3,6-9,12-17H2. The number of esters is 1. The van der Waals surface area contributed by atoms with E-state index < -0.39 is 0 Å². The summed E-state index contributed by atoms with van der Waals surface area (Å²) in [7, 11) is 0. The molecule has 0 aliphatic heterocycles. The van der Waals surface area contributed by atoms with Crippen molar-refractivity contribution < 1.29 is 9.53 Å². The summed E-state index contributed by atoms with van der Waals surface area (Å²) in [5.41, 5.74) is 0.652. The fourth-order valence-corrected chi connectivity index (χ4v) is 4.39. The molecule has 0 unspecified atom stereocenters. The van der Waals surface area contributed by atoms with Crippen LogP contribution in [0, 0.1) is 0 Å². The van der Waals surface area contributed by atoms with Gasteiger partial charge in [-0.05, 0) is 37.8 Å². The van der Waals surface area contributed by atoms with Crippen LogP contribution in [-0.4, -0.2) is 36.1 Å². The molecule has 3 heteroatoms. The summed E-state index contributed by atoms with van der Waals surface area (Å²) in [5.74, 6) is -0.192. The normalized spacial score (nSPS) is 20.2. The van der Waals surface area contributed by atoms with Crippen molar-refractivity contribution in [2.45, 2.75) is 76.3 Å². The first-order valence-corrected chi connectivity index (χ1v) is 9.82. The molecule has 0 heterocycles. The van der Waals surface area contributed by atoms with Crippen LogP contribution >= 0.6 is 0 Å². The number of carbonyl (C=O) groups is 1. The fourth-order valence-electron chi connectivity index (χ4n) is 4.39. The Bertz CT molecular complexity index is 472. The summed E-state index contributed by atoms with van der Waals surface area (Å²) in [6.45, 7) is 1.41. The Hall–Kier alpha value is -1.35. The van der Waals surface area contributed by atoms with Crippen LogP contribution in [0.25, 0.3) is 0 Å². The SMILES string of the molecule is O=C(OCCN(C1CCCCC1)C1CCCCC1)c1ccccc1. The first kappa shape index (κ1) is 17.5. The van der Waals surface area contributed by atoms with Crippen molar-refractivity contribution in [2.75, 3.05) is 13.2 Å². The molecule has 1 aromatic rings. The Morgan fingerprint density at radius 3 is 1.96 bits per heavy atom. The van der Waals surface area contributed by atoms with Gasteiger partial charge >= 0.3 is 5.97 Å². The second-order valence-corrected chi connectivity index (χ2v) is 7.32. The lowest BCUT2D eigenvalue weighted by Gasteiger charge is -2.41. The molecule has 0 N–H and O–H groups in total.